The lowest BCUT2D eigenvalue weighted by Gasteiger charge is -2.33. The zero-order valence-corrected chi connectivity index (χ0v) is 11.4. The normalized spacial score (nSPS) is 24.9. The monoisotopic (exact) mass is 282 g/mol. The molecule has 0 aliphatic carbocycles. The lowest BCUT2D eigenvalue weighted by atomic mass is 9.86. The molecule has 1 aliphatic rings. The highest BCUT2D eigenvalue weighted by Crippen LogP contribution is 2.34. The number of carbonyl (C=O) groups is 1. The Kier molecular flexibility index (Phi) is 5.06. The highest BCUT2D eigenvalue weighted by Gasteiger charge is 2.45. The molecule has 1 amide bonds. The second kappa shape index (κ2) is 5.98. The number of alkyl carbamates (subject to hydrolysis) is 1. The maximum Gasteiger partial charge on any atom is 0.407 e. The summed E-state index contributed by atoms with van der Waals surface area (Å²) in [5.41, 5.74) is -0.651. The minimum atomic E-state index is -4.24. The van der Waals surface area contributed by atoms with Crippen LogP contribution >= 0.6 is 0 Å². The van der Waals surface area contributed by atoms with Gasteiger partial charge in [-0.15, -0.1) is 0 Å². The maximum absolute atomic E-state index is 12.8. The molecule has 1 saturated heterocycles. The van der Waals surface area contributed by atoms with Gasteiger partial charge in [-0.05, 0) is 39.7 Å². The third kappa shape index (κ3) is 5.67. The van der Waals surface area contributed by atoms with Crippen molar-refractivity contribution in [1.82, 2.24) is 10.6 Å². The summed E-state index contributed by atoms with van der Waals surface area (Å²) in [6.07, 6.45) is -4.53. The molecule has 0 saturated carbocycles. The van der Waals surface area contributed by atoms with Gasteiger partial charge in [0.25, 0.3) is 0 Å². The number of ether oxygens (including phenoxy) is 1. The lowest BCUT2D eigenvalue weighted by Crippen LogP contribution is -2.48. The number of halogens is 3. The van der Waals surface area contributed by atoms with E-state index in [1.54, 1.807) is 20.8 Å². The van der Waals surface area contributed by atoms with Gasteiger partial charge in [0.1, 0.15) is 5.60 Å². The second-order valence-corrected chi connectivity index (χ2v) is 5.78. The number of rotatable bonds is 2. The fraction of sp³-hybridized carbons (Fsp3) is 0.917. The number of piperidine rings is 1. The molecule has 0 radical (unpaired) electrons. The van der Waals surface area contributed by atoms with Crippen LogP contribution < -0.4 is 10.6 Å². The van der Waals surface area contributed by atoms with Crippen molar-refractivity contribution in [2.45, 2.75) is 39.0 Å². The molecule has 0 aromatic carbocycles. The number of alkyl halides is 3. The fourth-order valence-corrected chi connectivity index (χ4v) is 2.07. The van der Waals surface area contributed by atoms with Crippen LogP contribution in [0, 0.1) is 11.8 Å². The zero-order valence-electron chi connectivity index (χ0n) is 11.4. The van der Waals surface area contributed by atoms with Crippen LogP contribution in [0.4, 0.5) is 18.0 Å². The van der Waals surface area contributed by atoms with Crippen LogP contribution in [0.15, 0.2) is 0 Å². The van der Waals surface area contributed by atoms with E-state index < -0.39 is 29.7 Å². The standard InChI is InChI=1S/C12H21F3N2O2/c1-11(2,3)19-10(18)17-6-8-4-5-16-7-9(8)12(13,14)15/h8-9,16H,4-7H2,1-3H3,(H,17,18)/t8-,9-/m0/s1. The van der Waals surface area contributed by atoms with Crippen LogP contribution in [-0.4, -0.2) is 37.5 Å². The first-order valence-corrected chi connectivity index (χ1v) is 6.34. The van der Waals surface area contributed by atoms with E-state index in [1.165, 1.54) is 0 Å². The summed E-state index contributed by atoms with van der Waals surface area (Å²) in [5, 5.41) is 5.16. The van der Waals surface area contributed by atoms with Gasteiger partial charge in [0, 0.05) is 13.1 Å². The summed E-state index contributed by atoms with van der Waals surface area (Å²) < 4.78 is 43.4. The van der Waals surface area contributed by atoms with Gasteiger partial charge in [0.2, 0.25) is 0 Å². The zero-order chi connectivity index (χ0) is 14.7. The average Bonchev–Trinajstić information content (AvgIpc) is 2.23. The molecule has 1 fully saturated rings. The molecular formula is C12H21F3N2O2. The van der Waals surface area contributed by atoms with Gasteiger partial charge in [0.15, 0.2) is 0 Å². The molecule has 2 N–H and O–H groups in total. The Labute approximate surface area is 111 Å². The molecule has 2 atom stereocenters. The molecule has 0 aromatic heterocycles. The number of carbonyl (C=O) groups excluding carboxylic acids is 1. The highest BCUT2D eigenvalue weighted by atomic mass is 19.4. The molecule has 1 heterocycles. The first kappa shape index (κ1) is 16.1. The first-order valence-electron chi connectivity index (χ1n) is 6.34. The van der Waals surface area contributed by atoms with Crippen molar-refractivity contribution in [2.75, 3.05) is 19.6 Å². The van der Waals surface area contributed by atoms with Crippen LogP contribution in [-0.2, 0) is 4.74 Å². The van der Waals surface area contributed by atoms with Gasteiger partial charge in [-0.25, -0.2) is 4.79 Å². The quantitative estimate of drug-likeness (QED) is 0.817. The van der Waals surface area contributed by atoms with Gasteiger partial charge in [-0.3, -0.25) is 0 Å². The first-order chi connectivity index (χ1) is 8.59. The van der Waals surface area contributed by atoms with Crippen molar-refractivity contribution < 1.29 is 22.7 Å². The van der Waals surface area contributed by atoms with E-state index in [-0.39, 0.29) is 13.1 Å². The van der Waals surface area contributed by atoms with E-state index in [2.05, 4.69) is 10.6 Å². The number of hydrogen-bond donors (Lipinski definition) is 2. The predicted octanol–water partition coefficient (Wildman–Crippen LogP) is 2.30. The van der Waals surface area contributed by atoms with Crippen molar-refractivity contribution in [3.05, 3.63) is 0 Å². The minimum absolute atomic E-state index is 0.0131. The van der Waals surface area contributed by atoms with Crippen molar-refractivity contribution in [2.24, 2.45) is 11.8 Å². The van der Waals surface area contributed by atoms with Gasteiger partial charge in [0.05, 0.1) is 5.92 Å². The van der Waals surface area contributed by atoms with E-state index in [0.29, 0.717) is 13.0 Å². The van der Waals surface area contributed by atoms with Crippen molar-refractivity contribution in [3.63, 3.8) is 0 Å². The Morgan fingerprint density at radius 1 is 1.37 bits per heavy atom. The van der Waals surface area contributed by atoms with E-state index in [9.17, 15) is 18.0 Å². The third-order valence-electron chi connectivity index (χ3n) is 2.95. The van der Waals surface area contributed by atoms with Crippen molar-refractivity contribution in [3.8, 4) is 0 Å². The largest absolute Gasteiger partial charge is 0.444 e. The second-order valence-electron chi connectivity index (χ2n) is 5.78. The Morgan fingerprint density at radius 3 is 2.53 bits per heavy atom. The molecule has 1 rings (SSSR count). The topological polar surface area (TPSA) is 50.4 Å². The Hall–Kier alpha value is -0.980. The molecule has 0 aromatic rings. The molecule has 0 spiro atoms. The molecule has 112 valence electrons. The molecule has 0 bridgehead atoms. The Bertz CT molecular complexity index is 313. The summed E-state index contributed by atoms with van der Waals surface area (Å²) in [6.45, 7) is 5.54. The van der Waals surface area contributed by atoms with Crippen LogP contribution in [0.3, 0.4) is 0 Å². The summed E-state index contributed by atoms with van der Waals surface area (Å²) in [4.78, 5) is 11.4. The number of nitrogens with one attached hydrogen (secondary N) is 2. The van der Waals surface area contributed by atoms with Crippen LogP contribution in [0.2, 0.25) is 0 Å². The van der Waals surface area contributed by atoms with Crippen LogP contribution in [0.25, 0.3) is 0 Å². The van der Waals surface area contributed by atoms with E-state index in [1.807, 2.05) is 0 Å². The third-order valence-corrected chi connectivity index (χ3v) is 2.95. The van der Waals surface area contributed by atoms with Crippen molar-refractivity contribution >= 4 is 6.09 Å². The molecule has 0 unspecified atom stereocenters. The Balaban J connectivity index is 2.48. The predicted molar refractivity (Wildman–Crippen MR) is 64.8 cm³/mol. The average molecular weight is 282 g/mol. The van der Waals surface area contributed by atoms with Gasteiger partial charge in [-0.2, -0.15) is 13.2 Å². The summed E-state index contributed by atoms with van der Waals surface area (Å²) in [7, 11) is 0. The molecule has 1 aliphatic heterocycles. The number of amides is 1. The highest BCUT2D eigenvalue weighted by molar-refractivity contribution is 5.67. The van der Waals surface area contributed by atoms with Gasteiger partial charge < -0.3 is 15.4 Å². The SMILES string of the molecule is CC(C)(C)OC(=O)NC[C@@H]1CCNC[C@@H]1C(F)(F)F. The van der Waals surface area contributed by atoms with Gasteiger partial charge in [-0.1, -0.05) is 0 Å². The molecular weight excluding hydrogens is 261 g/mol. The van der Waals surface area contributed by atoms with E-state index in [4.69, 9.17) is 4.74 Å². The maximum atomic E-state index is 12.8. The smallest absolute Gasteiger partial charge is 0.407 e. The fourth-order valence-electron chi connectivity index (χ4n) is 2.07. The van der Waals surface area contributed by atoms with Gasteiger partial charge >= 0.3 is 12.3 Å². The van der Waals surface area contributed by atoms with Crippen LogP contribution in [0.1, 0.15) is 27.2 Å². The summed E-state index contributed by atoms with van der Waals surface area (Å²) in [5.74, 6) is -2.02. The minimum Gasteiger partial charge on any atom is -0.444 e. The summed E-state index contributed by atoms with van der Waals surface area (Å²) >= 11 is 0. The lowest BCUT2D eigenvalue weighted by molar-refractivity contribution is -0.191. The van der Waals surface area contributed by atoms with Crippen LogP contribution in [0.5, 0.6) is 0 Å². The number of hydrogen-bond acceptors (Lipinski definition) is 3. The van der Waals surface area contributed by atoms with E-state index in [0.717, 1.165) is 0 Å². The molecule has 7 heteroatoms. The van der Waals surface area contributed by atoms with E-state index >= 15 is 0 Å². The molecule has 4 nitrogen and oxygen atoms in total. The summed E-state index contributed by atoms with van der Waals surface area (Å²) in [6, 6.07) is 0. The molecule has 19 heavy (non-hydrogen) atoms. The van der Waals surface area contributed by atoms with Crippen molar-refractivity contribution in [1.29, 1.82) is 0 Å². The Morgan fingerprint density at radius 2 is 2.00 bits per heavy atom.